The third-order valence-corrected chi connectivity index (χ3v) is 3.45. The van der Waals surface area contributed by atoms with E-state index in [1.807, 2.05) is 0 Å². The summed E-state index contributed by atoms with van der Waals surface area (Å²) in [4.78, 5) is 0. The SMILES string of the molecule is CCCCC(CCC)NCC(O)COc1ccccc1F. The fraction of sp³-hybridized carbons (Fsp3) is 0.647. The van der Waals surface area contributed by atoms with Crippen LogP contribution in [0.1, 0.15) is 46.0 Å². The van der Waals surface area contributed by atoms with Crippen LogP contribution in [-0.4, -0.2) is 30.4 Å². The van der Waals surface area contributed by atoms with Gasteiger partial charge in [-0.15, -0.1) is 0 Å². The van der Waals surface area contributed by atoms with Crippen molar-refractivity contribution in [3.8, 4) is 5.75 Å². The zero-order chi connectivity index (χ0) is 15.5. The molecule has 0 aliphatic rings. The molecule has 0 bridgehead atoms. The van der Waals surface area contributed by atoms with E-state index < -0.39 is 11.9 Å². The molecule has 3 nitrogen and oxygen atoms in total. The Morgan fingerprint density at radius 3 is 2.62 bits per heavy atom. The van der Waals surface area contributed by atoms with Crippen LogP contribution in [0.4, 0.5) is 4.39 Å². The van der Waals surface area contributed by atoms with E-state index in [-0.39, 0.29) is 12.4 Å². The first-order valence-corrected chi connectivity index (χ1v) is 7.96. The first kappa shape index (κ1) is 17.9. The highest BCUT2D eigenvalue weighted by Crippen LogP contribution is 2.15. The van der Waals surface area contributed by atoms with Crippen molar-refractivity contribution in [2.45, 2.75) is 58.1 Å². The molecule has 0 saturated carbocycles. The lowest BCUT2D eigenvalue weighted by atomic mass is 10.1. The third kappa shape index (κ3) is 7.44. The predicted octanol–water partition coefficient (Wildman–Crippen LogP) is 3.51. The van der Waals surface area contributed by atoms with Gasteiger partial charge in [0, 0.05) is 12.6 Å². The second kappa shape index (κ2) is 10.6. The minimum Gasteiger partial charge on any atom is -0.488 e. The molecular weight excluding hydrogens is 269 g/mol. The first-order valence-electron chi connectivity index (χ1n) is 7.96. The van der Waals surface area contributed by atoms with E-state index in [0.717, 1.165) is 19.3 Å². The molecule has 0 spiro atoms. The van der Waals surface area contributed by atoms with E-state index in [1.165, 1.54) is 18.9 Å². The number of halogens is 1. The second-order valence-corrected chi connectivity index (χ2v) is 5.43. The fourth-order valence-corrected chi connectivity index (χ4v) is 2.26. The molecule has 4 heteroatoms. The normalized spacial score (nSPS) is 13.9. The minimum atomic E-state index is -0.634. The molecule has 0 saturated heterocycles. The van der Waals surface area contributed by atoms with Gasteiger partial charge in [-0.3, -0.25) is 0 Å². The molecule has 0 heterocycles. The number of rotatable bonds is 11. The summed E-state index contributed by atoms with van der Waals surface area (Å²) in [5.41, 5.74) is 0. The zero-order valence-electron chi connectivity index (χ0n) is 13.1. The van der Waals surface area contributed by atoms with Crippen molar-refractivity contribution >= 4 is 0 Å². The Balaban J connectivity index is 2.28. The van der Waals surface area contributed by atoms with Gasteiger partial charge in [-0.2, -0.15) is 0 Å². The summed E-state index contributed by atoms with van der Waals surface area (Å²) in [5, 5.41) is 13.3. The topological polar surface area (TPSA) is 41.5 Å². The van der Waals surface area contributed by atoms with Crippen molar-refractivity contribution < 1.29 is 14.2 Å². The molecule has 2 unspecified atom stereocenters. The van der Waals surface area contributed by atoms with Gasteiger partial charge in [0.1, 0.15) is 12.7 Å². The van der Waals surface area contributed by atoms with E-state index in [4.69, 9.17) is 4.74 Å². The number of hydrogen-bond donors (Lipinski definition) is 2. The molecule has 0 amide bonds. The van der Waals surface area contributed by atoms with E-state index in [9.17, 15) is 9.50 Å². The van der Waals surface area contributed by atoms with Crippen LogP contribution in [0.5, 0.6) is 5.75 Å². The van der Waals surface area contributed by atoms with Crippen LogP contribution >= 0.6 is 0 Å². The van der Waals surface area contributed by atoms with Gasteiger partial charge in [0.05, 0.1) is 0 Å². The smallest absolute Gasteiger partial charge is 0.165 e. The molecule has 1 rings (SSSR count). The minimum absolute atomic E-state index is 0.0978. The van der Waals surface area contributed by atoms with Crippen molar-refractivity contribution in [1.82, 2.24) is 5.32 Å². The van der Waals surface area contributed by atoms with Crippen LogP contribution in [-0.2, 0) is 0 Å². The quantitative estimate of drug-likeness (QED) is 0.657. The zero-order valence-corrected chi connectivity index (χ0v) is 13.1. The van der Waals surface area contributed by atoms with Gasteiger partial charge in [-0.05, 0) is 25.0 Å². The van der Waals surface area contributed by atoms with Gasteiger partial charge in [0.25, 0.3) is 0 Å². The summed E-state index contributed by atoms with van der Waals surface area (Å²) >= 11 is 0. The van der Waals surface area contributed by atoms with Crippen molar-refractivity contribution in [3.05, 3.63) is 30.1 Å². The molecule has 0 aromatic heterocycles. The number of nitrogens with one attached hydrogen (secondary N) is 1. The summed E-state index contributed by atoms with van der Waals surface area (Å²) in [5.74, 6) is -0.211. The lowest BCUT2D eigenvalue weighted by Crippen LogP contribution is -2.38. The molecule has 0 radical (unpaired) electrons. The molecule has 2 N–H and O–H groups in total. The Morgan fingerprint density at radius 1 is 1.19 bits per heavy atom. The van der Waals surface area contributed by atoms with Crippen LogP contribution in [0, 0.1) is 5.82 Å². The molecule has 21 heavy (non-hydrogen) atoms. The summed E-state index contributed by atoms with van der Waals surface area (Å²) < 4.78 is 18.7. The molecule has 0 fully saturated rings. The summed E-state index contributed by atoms with van der Waals surface area (Å²) in [6, 6.07) is 6.69. The third-order valence-electron chi connectivity index (χ3n) is 3.45. The fourth-order valence-electron chi connectivity index (χ4n) is 2.26. The van der Waals surface area contributed by atoms with Crippen LogP contribution in [0.15, 0.2) is 24.3 Å². The summed E-state index contributed by atoms with van der Waals surface area (Å²) in [7, 11) is 0. The number of hydrogen-bond acceptors (Lipinski definition) is 3. The highest BCUT2D eigenvalue weighted by Gasteiger charge is 2.11. The molecule has 120 valence electrons. The van der Waals surface area contributed by atoms with Gasteiger partial charge in [0.2, 0.25) is 0 Å². The maximum absolute atomic E-state index is 13.4. The standard InChI is InChI=1S/C17H28FNO2/c1-3-5-9-14(8-4-2)19-12-15(20)13-21-17-11-7-6-10-16(17)18/h6-7,10-11,14-15,19-20H,3-5,8-9,12-13H2,1-2H3. The average molecular weight is 297 g/mol. The van der Waals surface area contributed by atoms with Crippen LogP contribution < -0.4 is 10.1 Å². The van der Waals surface area contributed by atoms with E-state index >= 15 is 0 Å². The molecule has 0 aliphatic heterocycles. The first-order chi connectivity index (χ1) is 10.2. The largest absolute Gasteiger partial charge is 0.488 e. The molecule has 0 aliphatic carbocycles. The molecular formula is C17H28FNO2. The Labute approximate surface area is 127 Å². The highest BCUT2D eigenvalue weighted by atomic mass is 19.1. The van der Waals surface area contributed by atoms with E-state index in [2.05, 4.69) is 19.2 Å². The Bertz CT molecular complexity index is 387. The second-order valence-electron chi connectivity index (χ2n) is 5.43. The maximum Gasteiger partial charge on any atom is 0.165 e. The number of aliphatic hydroxyl groups excluding tert-OH is 1. The highest BCUT2D eigenvalue weighted by molar-refractivity contribution is 5.23. The Morgan fingerprint density at radius 2 is 1.95 bits per heavy atom. The monoisotopic (exact) mass is 297 g/mol. The van der Waals surface area contributed by atoms with E-state index in [1.54, 1.807) is 18.2 Å². The van der Waals surface area contributed by atoms with Crippen LogP contribution in [0.2, 0.25) is 0 Å². The molecule has 2 atom stereocenters. The van der Waals surface area contributed by atoms with Gasteiger partial charge in [0.15, 0.2) is 11.6 Å². The van der Waals surface area contributed by atoms with Gasteiger partial charge in [-0.1, -0.05) is 45.2 Å². The average Bonchev–Trinajstić information content (AvgIpc) is 2.49. The van der Waals surface area contributed by atoms with Gasteiger partial charge < -0.3 is 15.2 Å². The Kier molecular flexibility index (Phi) is 9.02. The summed E-state index contributed by atoms with van der Waals surface area (Å²) in [6.45, 7) is 4.92. The van der Waals surface area contributed by atoms with E-state index in [0.29, 0.717) is 12.6 Å². The number of unbranched alkanes of at least 4 members (excludes halogenated alkanes) is 1. The summed E-state index contributed by atoms with van der Waals surface area (Å²) in [6.07, 6.45) is 5.11. The van der Waals surface area contributed by atoms with Crippen LogP contribution in [0.25, 0.3) is 0 Å². The van der Waals surface area contributed by atoms with Crippen molar-refractivity contribution in [1.29, 1.82) is 0 Å². The lowest BCUT2D eigenvalue weighted by molar-refractivity contribution is 0.100. The van der Waals surface area contributed by atoms with Gasteiger partial charge in [-0.25, -0.2) is 4.39 Å². The van der Waals surface area contributed by atoms with Gasteiger partial charge >= 0.3 is 0 Å². The number of ether oxygens (including phenoxy) is 1. The van der Waals surface area contributed by atoms with Crippen molar-refractivity contribution in [2.75, 3.05) is 13.2 Å². The Hall–Kier alpha value is -1.13. The number of para-hydroxylation sites is 1. The number of benzene rings is 1. The number of aliphatic hydroxyl groups is 1. The van der Waals surface area contributed by atoms with Crippen molar-refractivity contribution in [3.63, 3.8) is 0 Å². The predicted molar refractivity (Wildman–Crippen MR) is 84.1 cm³/mol. The maximum atomic E-state index is 13.4. The van der Waals surface area contributed by atoms with Crippen molar-refractivity contribution in [2.24, 2.45) is 0 Å². The van der Waals surface area contributed by atoms with Crippen LogP contribution in [0.3, 0.4) is 0 Å². The molecule has 1 aromatic rings. The lowest BCUT2D eigenvalue weighted by Gasteiger charge is -2.20. The molecule has 1 aromatic carbocycles.